The number of rotatable bonds is 5. The molecule has 1 aliphatic heterocycles. The monoisotopic (exact) mass is 274 g/mol. The molecule has 0 radical (unpaired) electrons. The van der Waals surface area contributed by atoms with Crippen LogP contribution in [0.4, 0.5) is 0 Å². The molecule has 110 valence electrons. The molecule has 0 saturated carbocycles. The highest BCUT2D eigenvalue weighted by Crippen LogP contribution is 2.22. The number of pyridine rings is 1. The first kappa shape index (κ1) is 15.2. The molecule has 1 aliphatic rings. The first-order valence-electron chi connectivity index (χ1n) is 7.76. The fraction of sp³-hybridized carbons (Fsp3) is 0.647. The number of ketones is 1. The number of piperidine rings is 1. The van der Waals surface area contributed by atoms with Gasteiger partial charge < -0.3 is 0 Å². The minimum Gasteiger partial charge on any atom is -0.297 e. The summed E-state index contributed by atoms with van der Waals surface area (Å²) < 4.78 is 0. The fourth-order valence-electron chi connectivity index (χ4n) is 2.78. The number of Topliss-reactive ketones (excluding diaryl/α,β-unsaturated/α-hetero) is 1. The third-order valence-corrected chi connectivity index (χ3v) is 4.46. The molecule has 0 unspecified atom stereocenters. The molecule has 3 heteroatoms. The molecule has 1 fully saturated rings. The van der Waals surface area contributed by atoms with Crippen molar-refractivity contribution in [2.24, 2.45) is 0 Å². The zero-order chi connectivity index (χ0) is 14.6. The van der Waals surface area contributed by atoms with Gasteiger partial charge >= 0.3 is 0 Å². The Hall–Kier alpha value is -1.22. The maximum atomic E-state index is 12.6. The van der Waals surface area contributed by atoms with E-state index in [-0.39, 0.29) is 11.3 Å². The van der Waals surface area contributed by atoms with Crippen LogP contribution in [0.25, 0.3) is 0 Å². The molecule has 1 saturated heterocycles. The van der Waals surface area contributed by atoms with Crippen molar-refractivity contribution in [1.82, 2.24) is 9.88 Å². The van der Waals surface area contributed by atoms with Gasteiger partial charge in [-0.3, -0.25) is 14.7 Å². The van der Waals surface area contributed by atoms with Crippen molar-refractivity contribution in [2.75, 3.05) is 13.1 Å². The minimum atomic E-state index is -0.370. The molecule has 0 spiro atoms. The molecule has 1 aromatic heterocycles. The molecular formula is C17H26N2O. The van der Waals surface area contributed by atoms with Gasteiger partial charge in [-0.25, -0.2) is 0 Å². The second-order valence-corrected chi connectivity index (χ2v) is 6.22. The number of nitrogens with zero attached hydrogens (tertiary/aromatic N) is 2. The first-order valence-corrected chi connectivity index (χ1v) is 7.76. The fourth-order valence-corrected chi connectivity index (χ4v) is 2.78. The molecular weight excluding hydrogens is 248 g/mol. The summed E-state index contributed by atoms with van der Waals surface area (Å²) in [5.74, 6) is 0.274. The number of hydrogen-bond acceptors (Lipinski definition) is 3. The van der Waals surface area contributed by atoms with Crippen LogP contribution >= 0.6 is 0 Å². The summed E-state index contributed by atoms with van der Waals surface area (Å²) in [4.78, 5) is 19.3. The van der Waals surface area contributed by atoms with E-state index in [9.17, 15) is 4.79 Å². The summed E-state index contributed by atoms with van der Waals surface area (Å²) in [6.45, 7) is 8.31. The predicted molar refractivity (Wildman–Crippen MR) is 81.8 cm³/mol. The lowest BCUT2D eigenvalue weighted by atomic mass is 9.91. The van der Waals surface area contributed by atoms with Gasteiger partial charge in [-0.05, 0) is 57.8 Å². The van der Waals surface area contributed by atoms with Crippen LogP contribution in [-0.2, 0) is 17.6 Å². The van der Waals surface area contributed by atoms with Crippen LogP contribution in [0.5, 0.6) is 0 Å². The standard InChI is InChI=1S/C17H26N2O/c1-4-14-8-9-15(18-13-14)12-16(20)17(2,3)19-10-6-5-7-11-19/h8-9,13H,4-7,10-12H2,1-3H3. The van der Waals surface area contributed by atoms with Crippen molar-refractivity contribution >= 4 is 5.78 Å². The van der Waals surface area contributed by atoms with Gasteiger partial charge in [-0.1, -0.05) is 19.4 Å². The Morgan fingerprint density at radius 1 is 1.25 bits per heavy atom. The van der Waals surface area contributed by atoms with Crippen molar-refractivity contribution in [1.29, 1.82) is 0 Å². The second-order valence-electron chi connectivity index (χ2n) is 6.22. The van der Waals surface area contributed by atoms with Crippen LogP contribution in [0.3, 0.4) is 0 Å². The van der Waals surface area contributed by atoms with Gasteiger partial charge in [0.1, 0.15) is 0 Å². The quantitative estimate of drug-likeness (QED) is 0.827. The number of carbonyl (C=O) groups is 1. The average Bonchev–Trinajstić information content (AvgIpc) is 2.49. The third kappa shape index (κ3) is 3.45. The van der Waals surface area contributed by atoms with E-state index in [2.05, 4.69) is 36.7 Å². The van der Waals surface area contributed by atoms with E-state index >= 15 is 0 Å². The number of carbonyl (C=O) groups excluding carboxylic acids is 1. The van der Waals surface area contributed by atoms with Crippen molar-refractivity contribution in [2.45, 2.75) is 58.4 Å². The Morgan fingerprint density at radius 3 is 2.50 bits per heavy atom. The van der Waals surface area contributed by atoms with E-state index in [0.29, 0.717) is 6.42 Å². The summed E-state index contributed by atoms with van der Waals surface area (Å²) in [6.07, 6.45) is 7.02. The smallest absolute Gasteiger partial charge is 0.158 e. The Bertz CT molecular complexity index is 445. The summed E-state index contributed by atoms with van der Waals surface area (Å²) in [5, 5.41) is 0. The summed E-state index contributed by atoms with van der Waals surface area (Å²) in [7, 11) is 0. The Morgan fingerprint density at radius 2 is 1.95 bits per heavy atom. The van der Waals surface area contributed by atoms with E-state index in [1.165, 1.54) is 24.8 Å². The summed E-state index contributed by atoms with van der Waals surface area (Å²) in [5.41, 5.74) is 1.74. The van der Waals surface area contributed by atoms with E-state index in [0.717, 1.165) is 25.2 Å². The molecule has 0 aromatic carbocycles. The lowest BCUT2D eigenvalue weighted by molar-refractivity contribution is -0.129. The van der Waals surface area contributed by atoms with Crippen molar-refractivity contribution < 1.29 is 4.79 Å². The SMILES string of the molecule is CCc1ccc(CC(=O)C(C)(C)N2CCCCC2)nc1. The van der Waals surface area contributed by atoms with Crippen molar-refractivity contribution in [3.8, 4) is 0 Å². The van der Waals surface area contributed by atoms with Crippen molar-refractivity contribution in [3.05, 3.63) is 29.6 Å². The number of aromatic nitrogens is 1. The molecule has 20 heavy (non-hydrogen) atoms. The average molecular weight is 274 g/mol. The van der Waals surface area contributed by atoms with Crippen LogP contribution in [0.15, 0.2) is 18.3 Å². The van der Waals surface area contributed by atoms with Gasteiger partial charge in [-0.15, -0.1) is 0 Å². The molecule has 0 atom stereocenters. The molecule has 2 heterocycles. The molecule has 0 amide bonds. The lowest BCUT2D eigenvalue weighted by Gasteiger charge is -2.39. The zero-order valence-electron chi connectivity index (χ0n) is 13.0. The van der Waals surface area contributed by atoms with Crippen LogP contribution in [0.1, 0.15) is 51.3 Å². The van der Waals surface area contributed by atoms with E-state index in [1.54, 1.807) is 0 Å². The lowest BCUT2D eigenvalue weighted by Crippen LogP contribution is -2.52. The molecule has 0 bridgehead atoms. The van der Waals surface area contributed by atoms with Gasteiger partial charge in [0.05, 0.1) is 12.0 Å². The second kappa shape index (κ2) is 6.49. The Kier molecular flexibility index (Phi) is 4.92. The maximum absolute atomic E-state index is 12.6. The van der Waals surface area contributed by atoms with Gasteiger partial charge in [0, 0.05) is 11.9 Å². The number of aryl methyl sites for hydroxylation is 1. The first-order chi connectivity index (χ1) is 9.54. The topological polar surface area (TPSA) is 33.2 Å². The largest absolute Gasteiger partial charge is 0.297 e. The summed E-state index contributed by atoms with van der Waals surface area (Å²) in [6, 6.07) is 4.06. The molecule has 2 rings (SSSR count). The molecule has 0 aliphatic carbocycles. The highest BCUT2D eigenvalue weighted by Gasteiger charge is 2.34. The predicted octanol–water partition coefficient (Wildman–Crippen LogP) is 3.02. The highest BCUT2D eigenvalue weighted by atomic mass is 16.1. The van der Waals surface area contributed by atoms with E-state index in [4.69, 9.17) is 0 Å². The van der Waals surface area contributed by atoms with Crippen molar-refractivity contribution in [3.63, 3.8) is 0 Å². The third-order valence-electron chi connectivity index (χ3n) is 4.46. The summed E-state index contributed by atoms with van der Waals surface area (Å²) >= 11 is 0. The zero-order valence-corrected chi connectivity index (χ0v) is 13.0. The molecule has 0 N–H and O–H groups in total. The normalized spacial score (nSPS) is 17.1. The number of hydrogen-bond donors (Lipinski definition) is 0. The minimum absolute atomic E-state index is 0.274. The van der Waals surface area contributed by atoms with Crippen LogP contribution in [0.2, 0.25) is 0 Å². The van der Waals surface area contributed by atoms with Crippen LogP contribution in [-0.4, -0.2) is 34.3 Å². The maximum Gasteiger partial charge on any atom is 0.158 e. The van der Waals surface area contributed by atoms with Gasteiger partial charge in [-0.2, -0.15) is 0 Å². The molecule has 3 nitrogen and oxygen atoms in total. The Balaban J connectivity index is 2.01. The molecule has 1 aromatic rings. The number of likely N-dealkylation sites (tertiary alicyclic amines) is 1. The van der Waals surface area contributed by atoms with E-state index < -0.39 is 0 Å². The van der Waals surface area contributed by atoms with Crippen LogP contribution < -0.4 is 0 Å². The Labute approximate surface area is 122 Å². The van der Waals surface area contributed by atoms with Crippen LogP contribution in [0, 0.1) is 0 Å². The van der Waals surface area contributed by atoms with E-state index in [1.807, 2.05) is 12.3 Å². The highest BCUT2D eigenvalue weighted by molar-refractivity contribution is 5.89. The van der Waals surface area contributed by atoms with Gasteiger partial charge in [0.15, 0.2) is 5.78 Å². The van der Waals surface area contributed by atoms with Gasteiger partial charge in [0.2, 0.25) is 0 Å². The van der Waals surface area contributed by atoms with Gasteiger partial charge in [0.25, 0.3) is 0 Å².